The molecule has 0 bridgehead atoms. The van der Waals surface area contributed by atoms with Crippen molar-refractivity contribution >= 4 is 11.8 Å². The molecule has 2 saturated heterocycles. The van der Waals surface area contributed by atoms with E-state index in [9.17, 15) is 9.59 Å². The van der Waals surface area contributed by atoms with Crippen LogP contribution in [0.3, 0.4) is 0 Å². The molecule has 0 radical (unpaired) electrons. The largest absolute Gasteiger partial charge is 0.353 e. The average Bonchev–Trinajstić information content (AvgIpc) is 2.84. The molecular weight excluding hydrogens is 484 g/mol. The number of amides is 2. The highest BCUT2D eigenvalue weighted by Crippen LogP contribution is 2.34. The van der Waals surface area contributed by atoms with E-state index in [2.05, 4.69) is 65.1 Å². The zero-order valence-corrected chi connectivity index (χ0v) is 26.5. The van der Waals surface area contributed by atoms with Gasteiger partial charge in [0.1, 0.15) is 0 Å². The molecule has 3 rings (SSSR count). The highest BCUT2D eigenvalue weighted by molar-refractivity contribution is 5.82. The van der Waals surface area contributed by atoms with Crippen molar-refractivity contribution in [3.8, 4) is 0 Å². The van der Waals surface area contributed by atoms with Gasteiger partial charge < -0.3 is 15.1 Å². The molecule has 1 aromatic rings. The number of benzene rings is 1. The van der Waals surface area contributed by atoms with Gasteiger partial charge in [0.05, 0.1) is 0 Å². The van der Waals surface area contributed by atoms with Crippen LogP contribution in [0.4, 0.5) is 0 Å². The van der Waals surface area contributed by atoms with Crippen LogP contribution in [0.25, 0.3) is 0 Å². The predicted octanol–water partition coefficient (Wildman–Crippen LogP) is 5.34. The molecule has 2 aliphatic heterocycles. The maximum atomic E-state index is 13.4. The summed E-state index contributed by atoms with van der Waals surface area (Å²) in [5.41, 5.74) is 1.82. The third-order valence-electron chi connectivity index (χ3n) is 8.86. The van der Waals surface area contributed by atoms with E-state index in [1.807, 2.05) is 48.6 Å². The van der Waals surface area contributed by atoms with Crippen LogP contribution < -0.4 is 5.32 Å². The topological polar surface area (TPSA) is 55.9 Å². The lowest BCUT2D eigenvalue weighted by Gasteiger charge is -2.48. The van der Waals surface area contributed by atoms with E-state index in [0.717, 1.165) is 52.0 Å². The van der Waals surface area contributed by atoms with E-state index in [0.29, 0.717) is 17.9 Å². The molecule has 39 heavy (non-hydrogen) atoms. The number of nitrogens with one attached hydrogen (secondary N) is 1. The van der Waals surface area contributed by atoms with Crippen LogP contribution in [0.5, 0.6) is 0 Å². The third-order valence-corrected chi connectivity index (χ3v) is 8.86. The minimum atomic E-state index is -0.405. The van der Waals surface area contributed by atoms with Gasteiger partial charge in [0, 0.05) is 68.7 Å². The summed E-state index contributed by atoms with van der Waals surface area (Å²) in [5.74, 6) is 1.07. The second kappa shape index (κ2) is 12.7. The summed E-state index contributed by atoms with van der Waals surface area (Å²) in [6.45, 7) is 23.6. The smallest absolute Gasteiger partial charge is 0.227 e. The summed E-state index contributed by atoms with van der Waals surface area (Å²) in [5, 5.41) is 3.45. The van der Waals surface area contributed by atoms with E-state index in [1.165, 1.54) is 11.1 Å². The molecule has 2 unspecified atom stereocenters. The van der Waals surface area contributed by atoms with Crippen LogP contribution in [0.1, 0.15) is 85.8 Å². The molecule has 1 aromatic carbocycles. The number of likely N-dealkylation sites (tertiary alicyclic amines) is 2. The SMILES string of the molecule is Cc1ccc(CN2CCC(N(C)C(=O)C(C)(C)C)C(C[C@@H]3CN(C(C)C)CC[C@H]3NC(=O)C(C)(C)C)C2)cc1. The number of hydrogen-bond donors (Lipinski definition) is 1. The van der Waals surface area contributed by atoms with E-state index in [1.54, 1.807) is 0 Å². The Morgan fingerprint density at radius 3 is 2.15 bits per heavy atom. The quantitative estimate of drug-likeness (QED) is 0.507. The van der Waals surface area contributed by atoms with Crippen molar-refractivity contribution in [3.05, 3.63) is 35.4 Å². The number of carbonyl (C=O) groups is 2. The standard InChI is InChI=1S/C33H56N4O2/c1-23(2)37-18-15-28(34-30(38)32(4,5)6)26(22-37)19-27-21-36(20-25-13-11-24(3)12-14-25)17-16-29(27)35(10)31(39)33(7,8)9/h11-14,23,26-29H,15-22H2,1-10H3,(H,34,38)/t26-,27?,28-,29?/m1/s1. The van der Waals surface area contributed by atoms with Crippen molar-refractivity contribution in [1.82, 2.24) is 20.0 Å². The van der Waals surface area contributed by atoms with Crippen LogP contribution in [0.15, 0.2) is 24.3 Å². The summed E-state index contributed by atoms with van der Waals surface area (Å²) in [6.07, 6.45) is 2.97. The fourth-order valence-electron chi connectivity index (χ4n) is 6.34. The Morgan fingerprint density at radius 1 is 0.949 bits per heavy atom. The van der Waals surface area contributed by atoms with E-state index in [-0.39, 0.29) is 23.9 Å². The molecule has 0 aromatic heterocycles. The highest BCUT2D eigenvalue weighted by atomic mass is 16.2. The summed E-state index contributed by atoms with van der Waals surface area (Å²) in [4.78, 5) is 33.7. The minimum Gasteiger partial charge on any atom is -0.353 e. The molecule has 0 spiro atoms. The lowest BCUT2D eigenvalue weighted by molar-refractivity contribution is -0.143. The highest BCUT2D eigenvalue weighted by Gasteiger charge is 2.41. The van der Waals surface area contributed by atoms with Gasteiger partial charge in [0.2, 0.25) is 11.8 Å². The Balaban J connectivity index is 1.85. The summed E-state index contributed by atoms with van der Waals surface area (Å²) in [7, 11) is 2.01. The number of carbonyl (C=O) groups excluding carboxylic acids is 2. The Kier molecular flexibility index (Phi) is 10.3. The Labute approximate surface area is 238 Å². The molecule has 2 fully saturated rings. The monoisotopic (exact) mass is 540 g/mol. The normalized spacial score (nSPS) is 25.5. The van der Waals surface area contributed by atoms with Gasteiger partial charge in [0.25, 0.3) is 0 Å². The molecule has 0 aliphatic carbocycles. The van der Waals surface area contributed by atoms with Crippen LogP contribution in [0.2, 0.25) is 0 Å². The number of piperidine rings is 2. The van der Waals surface area contributed by atoms with Crippen LogP contribution >= 0.6 is 0 Å². The summed E-state index contributed by atoms with van der Waals surface area (Å²) < 4.78 is 0. The van der Waals surface area contributed by atoms with E-state index >= 15 is 0 Å². The maximum absolute atomic E-state index is 13.4. The summed E-state index contributed by atoms with van der Waals surface area (Å²) in [6, 6.07) is 9.73. The first-order valence-corrected chi connectivity index (χ1v) is 15.2. The molecule has 4 atom stereocenters. The van der Waals surface area contributed by atoms with Crippen molar-refractivity contribution in [2.75, 3.05) is 33.2 Å². The van der Waals surface area contributed by atoms with Gasteiger partial charge in [-0.2, -0.15) is 0 Å². The van der Waals surface area contributed by atoms with Crippen LogP contribution in [-0.4, -0.2) is 77.9 Å². The lowest BCUT2D eigenvalue weighted by atomic mass is 9.77. The number of nitrogens with zero attached hydrogens (tertiary/aromatic N) is 3. The van der Waals surface area contributed by atoms with Crippen molar-refractivity contribution in [3.63, 3.8) is 0 Å². The molecule has 2 amide bonds. The second-order valence-electron chi connectivity index (χ2n) is 14.7. The molecule has 6 heteroatoms. The predicted molar refractivity (Wildman–Crippen MR) is 161 cm³/mol. The van der Waals surface area contributed by atoms with Crippen molar-refractivity contribution < 1.29 is 9.59 Å². The van der Waals surface area contributed by atoms with Gasteiger partial charge in [-0.15, -0.1) is 0 Å². The molecule has 220 valence electrons. The zero-order chi connectivity index (χ0) is 29.1. The Bertz CT molecular complexity index is 959. The first-order valence-electron chi connectivity index (χ1n) is 15.2. The molecule has 0 saturated carbocycles. The number of rotatable bonds is 7. The fraction of sp³-hybridized carbons (Fsp3) is 0.758. The van der Waals surface area contributed by atoms with E-state index in [4.69, 9.17) is 0 Å². The number of aryl methyl sites for hydroxylation is 1. The van der Waals surface area contributed by atoms with Crippen LogP contribution in [0, 0.1) is 29.6 Å². The van der Waals surface area contributed by atoms with Crippen molar-refractivity contribution in [2.45, 2.75) is 106 Å². The molecular formula is C33H56N4O2. The van der Waals surface area contributed by atoms with E-state index < -0.39 is 10.8 Å². The Hall–Kier alpha value is -1.92. The van der Waals surface area contributed by atoms with Gasteiger partial charge in [-0.1, -0.05) is 71.4 Å². The third kappa shape index (κ3) is 8.53. The molecule has 6 nitrogen and oxygen atoms in total. The zero-order valence-electron chi connectivity index (χ0n) is 26.5. The van der Waals surface area contributed by atoms with Crippen molar-refractivity contribution in [1.29, 1.82) is 0 Å². The molecule has 2 heterocycles. The van der Waals surface area contributed by atoms with Gasteiger partial charge in [-0.05, 0) is 57.4 Å². The molecule has 1 N–H and O–H groups in total. The number of hydrogen-bond acceptors (Lipinski definition) is 4. The van der Waals surface area contributed by atoms with Crippen molar-refractivity contribution in [2.24, 2.45) is 22.7 Å². The first kappa shape index (κ1) is 31.6. The van der Waals surface area contributed by atoms with Crippen LogP contribution in [-0.2, 0) is 16.1 Å². The van der Waals surface area contributed by atoms with Gasteiger partial charge in [-0.25, -0.2) is 0 Å². The summed E-state index contributed by atoms with van der Waals surface area (Å²) >= 11 is 0. The first-order chi connectivity index (χ1) is 18.1. The van der Waals surface area contributed by atoms with Gasteiger partial charge >= 0.3 is 0 Å². The second-order valence-corrected chi connectivity index (χ2v) is 14.7. The molecule has 2 aliphatic rings. The minimum absolute atomic E-state index is 0.136. The average molecular weight is 541 g/mol. The van der Waals surface area contributed by atoms with Gasteiger partial charge in [0.15, 0.2) is 0 Å². The maximum Gasteiger partial charge on any atom is 0.227 e. The Morgan fingerprint density at radius 2 is 1.59 bits per heavy atom. The van der Waals surface area contributed by atoms with Gasteiger partial charge in [-0.3, -0.25) is 14.5 Å². The fourth-order valence-corrected chi connectivity index (χ4v) is 6.34. The lowest BCUT2D eigenvalue weighted by Crippen LogP contribution is -2.57.